The van der Waals surface area contributed by atoms with Crippen molar-refractivity contribution in [1.29, 1.82) is 0 Å². The van der Waals surface area contributed by atoms with Crippen molar-refractivity contribution in [3.63, 3.8) is 0 Å². The van der Waals surface area contributed by atoms with Crippen LogP contribution in [0, 0.1) is 13.8 Å². The van der Waals surface area contributed by atoms with Crippen molar-refractivity contribution < 1.29 is 22.8 Å². The van der Waals surface area contributed by atoms with Gasteiger partial charge in [0.25, 0.3) is 11.8 Å². The van der Waals surface area contributed by atoms with Crippen LogP contribution in [-0.2, 0) is 22.3 Å². The van der Waals surface area contributed by atoms with Crippen LogP contribution in [-0.4, -0.2) is 32.0 Å². The van der Waals surface area contributed by atoms with Gasteiger partial charge in [-0.15, -0.1) is 0 Å². The van der Waals surface area contributed by atoms with E-state index in [0.717, 1.165) is 27.9 Å². The van der Waals surface area contributed by atoms with Crippen LogP contribution in [0.1, 0.15) is 27.8 Å². The molecule has 0 saturated carbocycles. The van der Waals surface area contributed by atoms with E-state index >= 15 is 0 Å². The smallest absolute Gasteiger partial charge is 0.367 e. The van der Waals surface area contributed by atoms with Crippen LogP contribution in [0.15, 0.2) is 66.7 Å². The van der Waals surface area contributed by atoms with Gasteiger partial charge in [-0.2, -0.15) is 13.2 Å². The molecule has 2 amide bonds. The lowest BCUT2D eigenvalue weighted by molar-refractivity contribution is -0.137. The first-order chi connectivity index (χ1) is 19.0. The Morgan fingerprint density at radius 2 is 1.68 bits per heavy atom. The molecule has 204 valence electrons. The maximum atomic E-state index is 14.1. The molecule has 3 aromatic carbocycles. The second-order valence-electron chi connectivity index (χ2n) is 9.20. The zero-order valence-corrected chi connectivity index (χ0v) is 21.3. The molecule has 5 rings (SSSR count). The van der Waals surface area contributed by atoms with E-state index in [9.17, 15) is 22.8 Å². The molecule has 0 bridgehead atoms. The van der Waals surface area contributed by atoms with E-state index < -0.39 is 23.6 Å². The van der Waals surface area contributed by atoms with Crippen LogP contribution >= 0.6 is 0 Å². The summed E-state index contributed by atoms with van der Waals surface area (Å²) in [5, 5.41) is 10.5. The number of anilines is 3. The molecule has 10 nitrogen and oxygen atoms in total. The molecule has 4 N–H and O–H groups in total. The summed E-state index contributed by atoms with van der Waals surface area (Å²) in [6.45, 7) is 3.35. The van der Waals surface area contributed by atoms with E-state index in [2.05, 4.69) is 26.4 Å². The van der Waals surface area contributed by atoms with Crippen molar-refractivity contribution >= 4 is 40.4 Å². The molecule has 1 aliphatic rings. The number of amides is 2. The van der Waals surface area contributed by atoms with Gasteiger partial charge in [0.1, 0.15) is 6.54 Å². The summed E-state index contributed by atoms with van der Waals surface area (Å²) in [7, 11) is 0. The van der Waals surface area contributed by atoms with E-state index in [4.69, 9.17) is 5.73 Å². The Balaban J connectivity index is 1.65. The molecule has 0 saturated heterocycles. The summed E-state index contributed by atoms with van der Waals surface area (Å²) in [5.41, 5.74) is 13.3. The number of fused-ring (bicyclic) bond motifs is 1. The maximum absolute atomic E-state index is 14.1. The average molecular weight is 549 g/mol. The first-order valence-electron chi connectivity index (χ1n) is 12.0. The maximum Gasteiger partial charge on any atom is 0.416 e. The van der Waals surface area contributed by atoms with Crippen molar-refractivity contribution in [2.24, 2.45) is 0 Å². The highest BCUT2D eigenvalue weighted by Gasteiger charge is 2.39. The number of aromatic nitrogens is 4. The number of nitrogens with one attached hydrogen (secondary N) is 2. The third kappa shape index (κ3) is 5.08. The Hall–Kier alpha value is -5.20. The lowest BCUT2D eigenvalue weighted by Crippen LogP contribution is -2.39. The molecular formula is C27H23F3N8O2. The fourth-order valence-corrected chi connectivity index (χ4v) is 4.53. The Bertz CT molecular complexity index is 1630. The minimum absolute atomic E-state index is 0.0683. The molecule has 0 atom stereocenters. The largest absolute Gasteiger partial charge is 0.416 e. The average Bonchev–Trinajstić information content (AvgIpc) is 3.43. The van der Waals surface area contributed by atoms with Gasteiger partial charge in [0.05, 0.1) is 22.5 Å². The zero-order valence-electron chi connectivity index (χ0n) is 21.3. The van der Waals surface area contributed by atoms with E-state index in [1.54, 1.807) is 42.5 Å². The predicted octanol–water partition coefficient (Wildman–Crippen LogP) is 3.76. The first-order valence-corrected chi connectivity index (χ1v) is 12.0. The van der Waals surface area contributed by atoms with Crippen LogP contribution in [0.3, 0.4) is 0 Å². The van der Waals surface area contributed by atoms with Gasteiger partial charge in [0.15, 0.2) is 0 Å². The quantitative estimate of drug-likeness (QED) is 0.247. The number of halogens is 3. The topological polar surface area (TPSA) is 131 Å². The van der Waals surface area contributed by atoms with Gasteiger partial charge in [-0.25, -0.2) is 4.68 Å². The van der Waals surface area contributed by atoms with Crippen molar-refractivity contribution in [1.82, 2.24) is 31.1 Å². The number of hydrogen-bond donors (Lipinski definition) is 3. The fraction of sp³-hybridized carbons (Fsp3) is 0.148. The van der Waals surface area contributed by atoms with Crippen molar-refractivity contribution in [3.05, 3.63) is 94.5 Å². The number of nitrogens with zero attached hydrogens (tertiary/aromatic N) is 5. The molecule has 0 aliphatic carbocycles. The summed E-state index contributed by atoms with van der Waals surface area (Å²) in [6, 6.07) is 17.2. The van der Waals surface area contributed by atoms with E-state index in [1.807, 2.05) is 19.9 Å². The number of rotatable bonds is 6. The van der Waals surface area contributed by atoms with Gasteiger partial charge in [0, 0.05) is 16.8 Å². The highest BCUT2D eigenvalue weighted by Crippen LogP contribution is 2.46. The first kappa shape index (κ1) is 26.4. The zero-order chi connectivity index (χ0) is 28.6. The summed E-state index contributed by atoms with van der Waals surface area (Å²) in [5.74, 6) is -1.22. The molecule has 40 heavy (non-hydrogen) atoms. The Kier molecular flexibility index (Phi) is 6.71. The van der Waals surface area contributed by atoms with Crippen molar-refractivity contribution in [2.45, 2.75) is 26.6 Å². The summed E-state index contributed by atoms with van der Waals surface area (Å²) >= 11 is 0. The summed E-state index contributed by atoms with van der Waals surface area (Å²) in [4.78, 5) is 28.0. The SMILES string of the molecule is Cc1cc(C)cc(N2C(=O)/C(=C(\NNC(=O)Cn3nnnc3N)c3ccccc3)c3ccc(C(F)(F)F)cc32)c1. The molecule has 0 radical (unpaired) electrons. The number of nitrogen functional groups attached to an aromatic ring is 1. The van der Waals surface area contributed by atoms with Crippen LogP contribution < -0.4 is 21.5 Å². The van der Waals surface area contributed by atoms with Crippen LogP contribution in [0.2, 0.25) is 0 Å². The van der Waals surface area contributed by atoms with Crippen LogP contribution in [0.4, 0.5) is 30.5 Å². The second kappa shape index (κ2) is 10.2. The Morgan fingerprint density at radius 1 is 0.975 bits per heavy atom. The van der Waals surface area contributed by atoms with Gasteiger partial charge in [-0.1, -0.05) is 47.6 Å². The van der Waals surface area contributed by atoms with E-state index in [-0.39, 0.29) is 35.0 Å². The molecule has 2 heterocycles. The highest BCUT2D eigenvalue weighted by molar-refractivity contribution is 6.39. The van der Waals surface area contributed by atoms with E-state index in [0.29, 0.717) is 11.3 Å². The van der Waals surface area contributed by atoms with Crippen LogP contribution in [0.25, 0.3) is 11.3 Å². The number of benzene rings is 3. The normalized spacial score (nSPS) is 14.2. The van der Waals surface area contributed by atoms with Gasteiger partial charge in [-0.05, 0) is 59.7 Å². The highest BCUT2D eigenvalue weighted by atomic mass is 19.4. The van der Waals surface area contributed by atoms with Crippen LogP contribution in [0.5, 0.6) is 0 Å². The lowest BCUT2D eigenvalue weighted by Gasteiger charge is -2.20. The minimum Gasteiger partial charge on any atom is -0.367 e. The number of hydrazine groups is 1. The van der Waals surface area contributed by atoms with Gasteiger partial charge >= 0.3 is 6.18 Å². The number of carbonyl (C=O) groups excluding carboxylic acids is 2. The predicted molar refractivity (Wildman–Crippen MR) is 141 cm³/mol. The second-order valence-corrected chi connectivity index (χ2v) is 9.20. The molecule has 1 aliphatic heterocycles. The van der Waals surface area contributed by atoms with Gasteiger partial charge < -0.3 is 5.73 Å². The number of nitrogens with two attached hydrogens (primary N) is 1. The number of carbonyl (C=O) groups is 2. The summed E-state index contributed by atoms with van der Waals surface area (Å²) in [6.07, 6.45) is -4.62. The van der Waals surface area contributed by atoms with Gasteiger partial charge in [-0.3, -0.25) is 25.3 Å². The molecule has 0 fully saturated rings. The third-order valence-electron chi connectivity index (χ3n) is 6.21. The number of alkyl halides is 3. The van der Waals surface area contributed by atoms with Gasteiger partial charge in [0.2, 0.25) is 5.95 Å². The standard InChI is InChI=1S/C27H23F3N8O2/c1-15-10-16(2)12-19(11-15)38-21-13-18(27(28,29)30)8-9-20(21)23(25(38)40)24(17-6-4-3-5-7-17)33-32-22(39)14-37-26(31)34-35-36-37/h3-13,33H,14H2,1-2H3,(H,32,39)(H2,31,34,36)/b24-23-. The molecule has 4 aromatic rings. The monoisotopic (exact) mass is 548 g/mol. The molecule has 1 aromatic heterocycles. The van der Waals surface area contributed by atoms with Crippen molar-refractivity contribution in [3.8, 4) is 0 Å². The lowest BCUT2D eigenvalue weighted by atomic mass is 9.99. The molecule has 13 heteroatoms. The Morgan fingerprint density at radius 3 is 2.30 bits per heavy atom. The molecule has 0 spiro atoms. The minimum atomic E-state index is -4.62. The Labute approximate surface area is 226 Å². The summed E-state index contributed by atoms with van der Waals surface area (Å²) < 4.78 is 42.2. The molecular weight excluding hydrogens is 525 g/mol. The number of tetrazole rings is 1. The third-order valence-corrected chi connectivity index (χ3v) is 6.21. The molecule has 0 unspecified atom stereocenters. The van der Waals surface area contributed by atoms with E-state index in [1.165, 1.54) is 11.0 Å². The number of hydrogen-bond acceptors (Lipinski definition) is 7. The number of aryl methyl sites for hydroxylation is 2. The van der Waals surface area contributed by atoms with Crippen molar-refractivity contribution in [2.75, 3.05) is 10.6 Å². The fourth-order valence-electron chi connectivity index (χ4n) is 4.53.